The Balaban J connectivity index is 1.13. The summed E-state index contributed by atoms with van der Waals surface area (Å²) in [6, 6.07) is 52.4. The second-order valence-electron chi connectivity index (χ2n) is 14.3. The fourth-order valence-electron chi connectivity index (χ4n) is 7.39. The maximum atomic E-state index is 6.01. The summed E-state index contributed by atoms with van der Waals surface area (Å²) in [5.74, 6) is 0. The van der Waals surface area contributed by atoms with Crippen molar-refractivity contribution in [1.29, 1.82) is 0 Å². The number of hydrogen-bond donors (Lipinski definition) is 0. The van der Waals surface area contributed by atoms with Gasteiger partial charge in [-0.25, -0.2) is 0 Å². The minimum atomic E-state index is -0.0419. The standard InChI is InChI=1S/C51H47NO/c1-6-7-14-37(2)15-13-34-53-36-38(3)52(45-29-24-42(25-30-45)41-22-20-40(21-23-41)39-16-9-8-10-17-39)46-31-26-43(27-32-46)44-28-33-48-47-18-11-12-19-49(47)51(4,5)50(48)35-44/h6,8-13,16-35H,1-3,7,14-15,36H2,4-5H3/b34-13+. The van der Waals surface area contributed by atoms with E-state index in [0.29, 0.717) is 6.61 Å². The summed E-state index contributed by atoms with van der Waals surface area (Å²) in [6.07, 6.45) is 8.37. The molecule has 2 heteroatoms. The van der Waals surface area contributed by atoms with Gasteiger partial charge in [-0.2, -0.15) is 0 Å². The Morgan fingerprint density at radius 1 is 0.604 bits per heavy atom. The van der Waals surface area contributed by atoms with E-state index in [2.05, 4.69) is 178 Å². The second kappa shape index (κ2) is 15.6. The topological polar surface area (TPSA) is 12.5 Å². The molecule has 2 nitrogen and oxygen atoms in total. The number of hydrogen-bond acceptors (Lipinski definition) is 2. The van der Waals surface area contributed by atoms with Crippen molar-refractivity contribution in [1.82, 2.24) is 0 Å². The fourth-order valence-corrected chi connectivity index (χ4v) is 7.39. The zero-order valence-electron chi connectivity index (χ0n) is 30.9. The first-order valence-electron chi connectivity index (χ1n) is 18.5. The molecule has 0 heterocycles. The van der Waals surface area contributed by atoms with Crippen LogP contribution in [0.1, 0.15) is 44.2 Å². The van der Waals surface area contributed by atoms with Crippen molar-refractivity contribution in [3.63, 3.8) is 0 Å². The molecule has 6 aromatic carbocycles. The van der Waals surface area contributed by atoms with Crippen LogP contribution >= 0.6 is 0 Å². The predicted molar refractivity (Wildman–Crippen MR) is 226 cm³/mol. The van der Waals surface area contributed by atoms with Crippen molar-refractivity contribution in [3.8, 4) is 44.5 Å². The second-order valence-corrected chi connectivity index (χ2v) is 14.3. The zero-order valence-corrected chi connectivity index (χ0v) is 30.9. The monoisotopic (exact) mass is 689 g/mol. The summed E-state index contributed by atoms with van der Waals surface area (Å²) in [5, 5.41) is 0. The highest BCUT2D eigenvalue weighted by atomic mass is 16.5. The Kier molecular flexibility index (Phi) is 10.4. The van der Waals surface area contributed by atoms with Crippen molar-refractivity contribution in [2.75, 3.05) is 11.5 Å². The smallest absolute Gasteiger partial charge is 0.127 e. The maximum Gasteiger partial charge on any atom is 0.127 e. The first-order valence-corrected chi connectivity index (χ1v) is 18.5. The molecule has 0 atom stereocenters. The van der Waals surface area contributed by atoms with Crippen LogP contribution in [0.15, 0.2) is 195 Å². The average Bonchev–Trinajstić information content (AvgIpc) is 3.43. The van der Waals surface area contributed by atoms with Gasteiger partial charge in [0.05, 0.1) is 12.0 Å². The molecule has 0 aromatic heterocycles. The van der Waals surface area contributed by atoms with Crippen LogP contribution in [0.4, 0.5) is 11.4 Å². The molecule has 0 aliphatic heterocycles. The number of nitrogens with zero attached hydrogens (tertiary/aromatic N) is 1. The third-order valence-corrected chi connectivity index (χ3v) is 10.4. The summed E-state index contributed by atoms with van der Waals surface area (Å²) >= 11 is 0. The third-order valence-electron chi connectivity index (χ3n) is 10.4. The molecular formula is C51H47NO. The van der Waals surface area contributed by atoms with E-state index in [1.165, 1.54) is 50.1 Å². The average molecular weight is 690 g/mol. The summed E-state index contributed by atoms with van der Waals surface area (Å²) in [5.41, 5.74) is 16.6. The highest BCUT2D eigenvalue weighted by Crippen LogP contribution is 2.49. The lowest BCUT2D eigenvalue weighted by atomic mass is 9.81. The van der Waals surface area contributed by atoms with E-state index in [4.69, 9.17) is 4.74 Å². The van der Waals surface area contributed by atoms with Crippen LogP contribution in [0.2, 0.25) is 0 Å². The van der Waals surface area contributed by atoms with E-state index < -0.39 is 0 Å². The molecule has 0 N–H and O–H groups in total. The molecule has 1 aliphatic rings. The fraction of sp³-hybridized carbons (Fsp3) is 0.137. The lowest BCUT2D eigenvalue weighted by molar-refractivity contribution is 0.278. The van der Waals surface area contributed by atoms with Crippen LogP contribution < -0.4 is 4.90 Å². The van der Waals surface area contributed by atoms with Gasteiger partial charge in [0.1, 0.15) is 6.61 Å². The van der Waals surface area contributed by atoms with Gasteiger partial charge in [-0.1, -0.05) is 154 Å². The van der Waals surface area contributed by atoms with Crippen LogP contribution in [0, 0.1) is 0 Å². The number of rotatable bonds is 14. The Morgan fingerprint density at radius 3 is 1.74 bits per heavy atom. The molecule has 0 spiro atoms. The Morgan fingerprint density at radius 2 is 1.11 bits per heavy atom. The number of anilines is 2. The van der Waals surface area contributed by atoms with Crippen LogP contribution in [0.3, 0.4) is 0 Å². The highest BCUT2D eigenvalue weighted by molar-refractivity contribution is 5.84. The SMILES string of the molecule is C=CCCC(=C)C/C=C/OCC(=C)N(c1ccc(-c2ccc(-c3ccccc3)cc2)cc1)c1ccc(-c2ccc3c(c2)C(C)(C)c2ccccc2-3)cc1. The summed E-state index contributed by atoms with van der Waals surface area (Å²) in [7, 11) is 0. The van der Waals surface area contributed by atoms with E-state index in [-0.39, 0.29) is 5.41 Å². The van der Waals surface area contributed by atoms with E-state index in [1.54, 1.807) is 6.26 Å². The summed E-state index contributed by atoms with van der Waals surface area (Å²) in [4.78, 5) is 2.19. The molecule has 7 rings (SSSR count). The molecule has 1 aliphatic carbocycles. The molecule has 262 valence electrons. The lowest BCUT2D eigenvalue weighted by Crippen LogP contribution is -2.18. The minimum absolute atomic E-state index is 0.0419. The van der Waals surface area contributed by atoms with Gasteiger partial charge in [-0.05, 0) is 111 Å². The number of fused-ring (bicyclic) bond motifs is 3. The molecule has 0 amide bonds. The molecule has 0 saturated heterocycles. The zero-order chi connectivity index (χ0) is 36.8. The Hall–Kier alpha value is -6.12. The van der Waals surface area contributed by atoms with Gasteiger partial charge in [-0.15, -0.1) is 6.58 Å². The molecule has 6 aromatic rings. The van der Waals surface area contributed by atoms with Gasteiger partial charge in [0.2, 0.25) is 0 Å². The highest BCUT2D eigenvalue weighted by Gasteiger charge is 2.35. The van der Waals surface area contributed by atoms with Crippen LogP contribution in [0.5, 0.6) is 0 Å². The minimum Gasteiger partial charge on any atom is -0.495 e. The Labute approximate surface area is 315 Å². The summed E-state index contributed by atoms with van der Waals surface area (Å²) in [6.45, 7) is 17.5. The van der Waals surface area contributed by atoms with Gasteiger partial charge in [0, 0.05) is 16.8 Å². The number of ether oxygens (including phenoxy) is 1. The lowest BCUT2D eigenvalue weighted by Gasteiger charge is -2.27. The van der Waals surface area contributed by atoms with Crippen molar-refractivity contribution in [3.05, 3.63) is 206 Å². The van der Waals surface area contributed by atoms with Crippen LogP contribution in [0.25, 0.3) is 44.5 Å². The normalized spacial score (nSPS) is 12.6. The third kappa shape index (κ3) is 7.59. The van der Waals surface area contributed by atoms with E-state index >= 15 is 0 Å². The van der Waals surface area contributed by atoms with E-state index in [0.717, 1.165) is 47.5 Å². The molecule has 0 radical (unpaired) electrons. The van der Waals surface area contributed by atoms with E-state index in [1.807, 2.05) is 18.2 Å². The van der Waals surface area contributed by atoms with Gasteiger partial charge < -0.3 is 9.64 Å². The molecule has 53 heavy (non-hydrogen) atoms. The van der Waals surface area contributed by atoms with Gasteiger partial charge in [0.25, 0.3) is 0 Å². The summed E-state index contributed by atoms with van der Waals surface area (Å²) < 4.78 is 6.01. The van der Waals surface area contributed by atoms with E-state index in [9.17, 15) is 0 Å². The van der Waals surface area contributed by atoms with Crippen LogP contribution in [-0.2, 0) is 10.2 Å². The van der Waals surface area contributed by atoms with Crippen molar-refractivity contribution in [2.45, 2.75) is 38.5 Å². The molecule has 0 fully saturated rings. The molecule has 0 saturated carbocycles. The van der Waals surface area contributed by atoms with Crippen molar-refractivity contribution >= 4 is 11.4 Å². The van der Waals surface area contributed by atoms with Gasteiger partial charge >= 0.3 is 0 Å². The molecule has 0 unspecified atom stereocenters. The Bertz CT molecular complexity index is 2260. The van der Waals surface area contributed by atoms with Crippen LogP contribution in [-0.4, -0.2) is 6.61 Å². The maximum absolute atomic E-state index is 6.01. The first kappa shape index (κ1) is 35.3. The van der Waals surface area contributed by atoms with Crippen molar-refractivity contribution in [2.24, 2.45) is 0 Å². The number of benzene rings is 6. The predicted octanol–water partition coefficient (Wildman–Crippen LogP) is 14.1. The molecular weight excluding hydrogens is 643 g/mol. The number of allylic oxidation sites excluding steroid dienone is 3. The largest absolute Gasteiger partial charge is 0.495 e. The quantitative estimate of drug-likeness (QED) is 0.0834. The molecule has 0 bridgehead atoms. The van der Waals surface area contributed by atoms with Gasteiger partial charge in [0.15, 0.2) is 0 Å². The first-order chi connectivity index (χ1) is 25.8. The van der Waals surface area contributed by atoms with Crippen molar-refractivity contribution < 1.29 is 4.74 Å². The van der Waals surface area contributed by atoms with Gasteiger partial charge in [-0.3, -0.25) is 0 Å².